The van der Waals surface area contributed by atoms with Gasteiger partial charge in [-0.25, -0.2) is 9.59 Å². The van der Waals surface area contributed by atoms with Crippen molar-refractivity contribution in [3.05, 3.63) is 53.3 Å². The molecule has 0 amide bonds. The Hall–Kier alpha value is -2.56. The summed E-state index contributed by atoms with van der Waals surface area (Å²) in [6, 6.07) is 7.49. The molecule has 1 heterocycles. The van der Waals surface area contributed by atoms with Crippen LogP contribution in [-0.2, 0) is 0 Å². The third kappa shape index (κ3) is 2.24. The Kier molecular flexibility index (Phi) is 3.14. The summed E-state index contributed by atoms with van der Waals surface area (Å²) in [5.41, 5.74) is 0.545. The van der Waals surface area contributed by atoms with E-state index in [-0.39, 0.29) is 17.1 Å². The molecule has 1 aromatic heterocycles. The maximum Gasteiger partial charge on any atom is 0.346 e. The highest BCUT2D eigenvalue weighted by molar-refractivity contribution is 6.03. The zero-order valence-electron chi connectivity index (χ0n) is 9.54. The fourth-order valence-corrected chi connectivity index (χ4v) is 1.45. The summed E-state index contributed by atoms with van der Waals surface area (Å²) >= 11 is 0. The molecule has 0 aliphatic carbocycles. The number of carboxylic acids is 1. The van der Waals surface area contributed by atoms with Crippen LogP contribution in [0.5, 0.6) is 5.95 Å². The highest BCUT2D eigenvalue weighted by Crippen LogP contribution is 2.20. The number of furan rings is 1. The van der Waals surface area contributed by atoms with Gasteiger partial charge in [-0.1, -0.05) is 12.1 Å². The van der Waals surface area contributed by atoms with E-state index in [1.165, 1.54) is 18.4 Å². The van der Waals surface area contributed by atoms with E-state index >= 15 is 0 Å². The molecule has 0 saturated heterocycles. The van der Waals surface area contributed by atoms with Crippen LogP contribution < -0.4 is 4.74 Å². The van der Waals surface area contributed by atoms with Crippen LogP contribution in [0.2, 0.25) is 0 Å². The Balaban J connectivity index is 2.30. The second-order valence-electron chi connectivity index (χ2n) is 3.63. The van der Waals surface area contributed by atoms with Crippen molar-refractivity contribution in [3.8, 4) is 5.95 Å². The first kappa shape index (κ1) is 11.9. The number of aromatic carboxylic acids is 1. The zero-order chi connectivity index (χ0) is 13.1. The number of carbonyl (C=O) groups is 2. The number of benzene rings is 1. The second-order valence-corrected chi connectivity index (χ2v) is 3.63. The van der Waals surface area contributed by atoms with Gasteiger partial charge in [0.05, 0.1) is 17.4 Å². The van der Waals surface area contributed by atoms with Gasteiger partial charge in [-0.05, 0) is 25.1 Å². The summed E-state index contributed by atoms with van der Waals surface area (Å²) in [5, 5.41) is 8.96. The third-order valence-electron chi connectivity index (χ3n) is 2.38. The minimum atomic E-state index is -1.18. The fourth-order valence-electron chi connectivity index (χ4n) is 1.45. The number of carbonyl (C=O) groups excluding carboxylic acids is 1. The number of hydrogen-bond donors (Lipinski definition) is 1. The van der Waals surface area contributed by atoms with Crippen LogP contribution in [0, 0.1) is 6.92 Å². The minimum Gasteiger partial charge on any atom is -0.478 e. The number of carboxylic acid groups (broad SMARTS) is 1. The lowest BCUT2D eigenvalue weighted by atomic mass is 10.1. The SMILES string of the molecule is Cc1ccoc1OC(=O)c1ccccc1C(=O)O. The summed E-state index contributed by atoms with van der Waals surface area (Å²) in [4.78, 5) is 22.8. The van der Waals surface area contributed by atoms with Gasteiger partial charge < -0.3 is 14.3 Å². The first-order chi connectivity index (χ1) is 8.59. The Bertz CT molecular complexity index is 597. The van der Waals surface area contributed by atoms with Gasteiger partial charge in [0.25, 0.3) is 5.95 Å². The third-order valence-corrected chi connectivity index (χ3v) is 2.38. The van der Waals surface area contributed by atoms with Crippen molar-refractivity contribution >= 4 is 11.9 Å². The zero-order valence-corrected chi connectivity index (χ0v) is 9.54. The van der Waals surface area contributed by atoms with Gasteiger partial charge in [0.1, 0.15) is 0 Å². The van der Waals surface area contributed by atoms with E-state index in [0.29, 0.717) is 5.56 Å². The van der Waals surface area contributed by atoms with Crippen LogP contribution in [0.4, 0.5) is 0 Å². The number of ether oxygens (including phenoxy) is 1. The first-order valence-corrected chi connectivity index (χ1v) is 5.18. The molecular formula is C13H10O5. The van der Waals surface area contributed by atoms with Crippen LogP contribution >= 0.6 is 0 Å². The average molecular weight is 246 g/mol. The van der Waals surface area contributed by atoms with Gasteiger partial charge in [-0.2, -0.15) is 0 Å². The predicted octanol–water partition coefficient (Wildman–Crippen LogP) is 2.51. The van der Waals surface area contributed by atoms with Gasteiger partial charge >= 0.3 is 11.9 Å². The van der Waals surface area contributed by atoms with E-state index in [4.69, 9.17) is 14.3 Å². The van der Waals surface area contributed by atoms with E-state index in [9.17, 15) is 9.59 Å². The molecular weight excluding hydrogens is 236 g/mol. The lowest BCUT2D eigenvalue weighted by molar-refractivity contribution is 0.0649. The van der Waals surface area contributed by atoms with Crippen molar-refractivity contribution in [1.82, 2.24) is 0 Å². The van der Waals surface area contributed by atoms with E-state index in [1.54, 1.807) is 25.1 Å². The smallest absolute Gasteiger partial charge is 0.346 e. The molecule has 18 heavy (non-hydrogen) atoms. The molecule has 5 nitrogen and oxygen atoms in total. The molecule has 0 radical (unpaired) electrons. The molecule has 0 unspecified atom stereocenters. The largest absolute Gasteiger partial charge is 0.478 e. The van der Waals surface area contributed by atoms with Crippen LogP contribution in [-0.4, -0.2) is 17.0 Å². The average Bonchev–Trinajstić information content (AvgIpc) is 2.75. The van der Waals surface area contributed by atoms with Crippen molar-refractivity contribution in [1.29, 1.82) is 0 Å². The van der Waals surface area contributed by atoms with Crippen molar-refractivity contribution < 1.29 is 23.8 Å². The molecule has 0 fully saturated rings. The molecule has 2 rings (SSSR count). The lowest BCUT2D eigenvalue weighted by Crippen LogP contribution is -2.14. The van der Waals surface area contributed by atoms with Crippen LogP contribution in [0.1, 0.15) is 26.3 Å². The van der Waals surface area contributed by atoms with Gasteiger partial charge in [0.15, 0.2) is 0 Å². The molecule has 2 aromatic rings. The van der Waals surface area contributed by atoms with E-state index < -0.39 is 11.9 Å². The van der Waals surface area contributed by atoms with Gasteiger partial charge in [-0.3, -0.25) is 0 Å². The molecule has 1 aromatic carbocycles. The molecule has 0 aliphatic heterocycles. The maximum absolute atomic E-state index is 11.8. The van der Waals surface area contributed by atoms with Gasteiger partial charge in [-0.15, -0.1) is 0 Å². The quantitative estimate of drug-likeness (QED) is 0.842. The van der Waals surface area contributed by atoms with Crippen molar-refractivity contribution in [2.45, 2.75) is 6.92 Å². The Labute approximate surface area is 103 Å². The summed E-state index contributed by atoms with van der Waals surface area (Å²) in [6.07, 6.45) is 1.39. The monoisotopic (exact) mass is 246 g/mol. The predicted molar refractivity (Wildman–Crippen MR) is 61.8 cm³/mol. The number of esters is 1. The Morgan fingerprint density at radius 1 is 1.17 bits per heavy atom. The molecule has 0 atom stereocenters. The van der Waals surface area contributed by atoms with Crippen LogP contribution in [0.3, 0.4) is 0 Å². The summed E-state index contributed by atoms with van der Waals surface area (Å²) in [7, 11) is 0. The molecule has 5 heteroatoms. The normalized spacial score (nSPS) is 10.1. The molecule has 0 saturated carbocycles. The molecule has 92 valence electrons. The summed E-state index contributed by atoms with van der Waals surface area (Å²) in [5.74, 6) is -1.87. The van der Waals surface area contributed by atoms with Crippen LogP contribution in [0.15, 0.2) is 41.0 Å². The molecule has 0 spiro atoms. The topological polar surface area (TPSA) is 76.7 Å². The maximum atomic E-state index is 11.8. The summed E-state index contributed by atoms with van der Waals surface area (Å²) < 4.78 is 9.96. The van der Waals surface area contributed by atoms with Crippen molar-refractivity contribution in [2.24, 2.45) is 0 Å². The van der Waals surface area contributed by atoms with E-state index in [0.717, 1.165) is 0 Å². The van der Waals surface area contributed by atoms with E-state index in [2.05, 4.69) is 0 Å². The fraction of sp³-hybridized carbons (Fsp3) is 0.0769. The van der Waals surface area contributed by atoms with Gasteiger partial charge in [0.2, 0.25) is 0 Å². The Morgan fingerprint density at radius 2 is 1.83 bits per heavy atom. The number of rotatable bonds is 3. The van der Waals surface area contributed by atoms with Crippen molar-refractivity contribution in [3.63, 3.8) is 0 Å². The van der Waals surface area contributed by atoms with E-state index in [1.807, 2.05) is 0 Å². The standard InChI is InChI=1S/C13H10O5/c1-8-6-7-17-13(8)18-12(16)10-5-3-2-4-9(10)11(14)15/h2-7H,1H3,(H,14,15). The highest BCUT2D eigenvalue weighted by atomic mass is 16.6. The van der Waals surface area contributed by atoms with Crippen LogP contribution in [0.25, 0.3) is 0 Å². The Morgan fingerprint density at radius 3 is 2.39 bits per heavy atom. The van der Waals surface area contributed by atoms with Crippen molar-refractivity contribution in [2.75, 3.05) is 0 Å². The first-order valence-electron chi connectivity index (χ1n) is 5.18. The number of aryl methyl sites for hydroxylation is 1. The summed E-state index contributed by atoms with van der Waals surface area (Å²) in [6.45, 7) is 1.72. The number of hydrogen-bond acceptors (Lipinski definition) is 4. The molecule has 0 bridgehead atoms. The van der Waals surface area contributed by atoms with Gasteiger partial charge in [0, 0.05) is 5.56 Å². The molecule has 0 aliphatic rings. The molecule has 1 N–H and O–H groups in total. The lowest BCUT2D eigenvalue weighted by Gasteiger charge is -2.04. The minimum absolute atomic E-state index is 0.0131. The second kappa shape index (κ2) is 4.75. The highest BCUT2D eigenvalue weighted by Gasteiger charge is 2.19.